The third kappa shape index (κ3) is 5.08. The van der Waals surface area contributed by atoms with Crippen molar-refractivity contribution in [1.29, 1.82) is 0 Å². The Balaban J connectivity index is 1.15. The van der Waals surface area contributed by atoms with E-state index in [1.807, 2.05) is 23.1 Å². The normalized spacial score (nSPS) is 29.6. The first-order chi connectivity index (χ1) is 22.5. The van der Waals surface area contributed by atoms with Gasteiger partial charge in [0.1, 0.15) is 5.75 Å². The van der Waals surface area contributed by atoms with Gasteiger partial charge in [0.05, 0.1) is 28.1 Å². The second-order valence-electron chi connectivity index (χ2n) is 12.9. The molecule has 0 spiro atoms. The summed E-state index contributed by atoms with van der Waals surface area (Å²) in [5, 5.41) is 0.598. The Morgan fingerprint density at radius 2 is 1.74 bits per heavy atom. The minimum Gasteiger partial charge on any atom is -0.483 e. The molecule has 4 heterocycles. The average Bonchev–Trinajstić information content (AvgIpc) is 3.79. The molecule has 2 aromatic carbocycles. The molecule has 3 aromatic rings. The number of piperidine rings is 1. The van der Waals surface area contributed by atoms with E-state index >= 15 is 0 Å². The van der Waals surface area contributed by atoms with Crippen molar-refractivity contribution in [2.45, 2.75) is 48.1 Å². The molecule has 246 valence electrons. The van der Waals surface area contributed by atoms with Gasteiger partial charge in [-0.2, -0.15) is 13.2 Å². The molecule has 8 nitrogen and oxygen atoms in total. The van der Waals surface area contributed by atoms with Crippen molar-refractivity contribution >= 4 is 62.4 Å². The van der Waals surface area contributed by atoms with Gasteiger partial charge in [0, 0.05) is 39.2 Å². The number of ether oxygens (including phenoxy) is 1. The van der Waals surface area contributed by atoms with Crippen molar-refractivity contribution in [2.75, 3.05) is 24.6 Å². The van der Waals surface area contributed by atoms with Crippen LogP contribution in [0.2, 0.25) is 0 Å². The summed E-state index contributed by atoms with van der Waals surface area (Å²) in [5.74, 6) is -2.80. The number of aromatic amines is 1. The number of rotatable bonds is 5. The zero-order valence-corrected chi connectivity index (χ0v) is 28.0. The van der Waals surface area contributed by atoms with Crippen molar-refractivity contribution < 1.29 is 32.3 Å². The van der Waals surface area contributed by atoms with Gasteiger partial charge >= 0.3 is 11.0 Å². The van der Waals surface area contributed by atoms with Gasteiger partial charge in [-0.1, -0.05) is 33.3 Å². The molecule has 7 atom stereocenters. The number of thiazole rings is 1. The van der Waals surface area contributed by atoms with Gasteiger partial charge in [0.2, 0.25) is 11.8 Å². The number of nitrogens with zero attached hydrogens (tertiary/aromatic N) is 2. The van der Waals surface area contributed by atoms with Gasteiger partial charge in [-0.25, -0.2) is 0 Å². The predicted octanol–water partition coefficient (Wildman–Crippen LogP) is 6.29. The molecule has 5 aliphatic rings. The minimum absolute atomic E-state index is 0.0692. The van der Waals surface area contributed by atoms with Crippen LogP contribution in [-0.4, -0.2) is 52.6 Å². The van der Waals surface area contributed by atoms with E-state index in [-0.39, 0.29) is 52.0 Å². The maximum absolute atomic E-state index is 14.1. The molecule has 2 saturated heterocycles. The standard InChI is InChI=1S/C33H29BrF3N3O5S2/c34-16-7-8-21(45-14-22(41)39-9-2-1-3-10-39)18(12-16)23-24-19-13-20(27(24)46-29-28(23)47-32(44)38-29)26-25(19)30(42)40(31(26)43)17-6-4-5-15(11-17)33(35,36)37/h4-8,11-12,19-20,23-27H,1-3,9-10,13-14H2,(H,38,44)/t19-,20-,23-,24?,25?,26?,27?/m1/s1. The lowest BCUT2D eigenvalue weighted by Crippen LogP contribution is -2.43. The molecule has 47 heavy (non-hydrogen) atoms. The lowest BCUT2D eigenvalue weighted by atomic mass is 9.68. The van der Waals surface area contributed by atoms with Gasteiger partial charge in [-0.05, 0) is 79.8 Å². The molecule has 8 rings (SSSR count). The van der Waals surface area contributed by atoms with E-state index in [1.165, 1.54) is 23.9 Å². The maximum Gasteiger partial charge on any atom is 0.416 e. The molecule has 1 N–H and O–H groups in total. The van der Waals surface area contributed by atoms with Crippen LogP contribution in [0.3, 0.4) is 0 Å². The fourth-order valence-corrected chi connectivity index (χ4v) is 12.0. The zero-order valence-electron chi connectivity index (χ0n) is 24.8. The number of halogens is 4. The lowest BCUT2D eigenvalue weighted by Gasteiger charge is -2.43. The number of nitrogens with one attached hydrogen (secondary N) is 1. The largest absolute Gasteiger partial charge is 0.483 e. The van der Waals surface area contributed by atoms with Crippen molar-refractivity contribution in [3.05, 3.63) is 72.6 Å². The van der Waals surface area contributed by atoms with Crippen LogP contribution in [-0.2, 0) is 20.6 Å². The van der Waals surface area contributed by atoms with Crippen molar-refractivity contribution in [1.82, 2.24) is 9.88 Å². The summed E-state index contributed by atoms with van der Waals surface area (Å²) in [4.78, 5) is 60.1. The minimum atomic E-state index is -4.62. The predicted molar refractivity (Wildman–Crippen MR) is 172 cm³/mol. The molecule has 14 heteroatoms. The Morgan fingerprint density at radius 3 is 2.49 bits per heavy atom. The van der Waals surface area contributed by atoms with Crippen LogP contribution in [0.4, 0.5) is 18.9 Å². The highest BCUT2D eigenvalue weighted by molar-refractivity contribution is 9.10. The molecule has 2 bridgehead atoms. The van der Waals surface area contributed by atoms with E-state index < -0.39 is 35.4 Å². The molecular formula is C33H29BrF3N3O5S2. The smallest absolute Gasteiger partial charge is 0.416 e. The van der Waals surface area contributed by atoms with E-state index in [0.29, 0.717) is 25.3 Å². The number of aromatic nitrogens is 1. The number of imide groups is 1. The highest BCUT2D eigenvalue weighted by Gasteiger charge is 2.70. The van der Waals surface area contributed by atoms with Gasteiger partial charge in [0.15, 0.2) is 6.61 Å². The monoisotopic (exact) mass is 747 g/mol. The van der Waals surface area contributed by atoms with Crippen molar-refractivity contribution in [3.63, 3.8) is 0 Å². The van der Waals surface area contributed by atoms with Gasteiger partial charge in [0.25, 0.3) is 5.91 Å². The van der Waals surface area contributed by atoms with Gasteiger partial charge in [-0.3, -0.25) is 24.1 Å². The van der Waals surface area contributed by atoms with Crippen molar-refractivity contribution in [3.8, 4) is 5.75 Å². The summed E-state index contributed by atoms with van der Waals surface area (Å²) in [6.07, 6.45) is -0.971. The number of hydrogen-bond acceptors (Lipinski definition) is 7. The molecule has 0 radical (unpaired) electrons. The van der Waals surface area contributed by atoms with Crippen LogP contribution >= 0.6 is 39.0 Å². The fraction of sp³-hybridized carbons (Fsp3) is 0.455. The SMILES string of the molecule is O=C(COc1ccc(Br)cc1[C@H]1c2sc(=O)[nH]c2SC2C1[C@H]1C[C@@H]2C2C(=O)N(c3cccc(C(F)(F)F)c3)C(=O)C21)N1CCCCC1. The second kappa shape index (κ2) is 11.5. The fourth-order valence-electron chi connectivity index (χ4n) is 8.71. The van der Waals surface area contributed by atoms with Crippen molar-refractivity contribution in [2.24, 2.45) is 29.6 Å². The Kier molecular flexibility index (Phi) is 7.64. The third-order valence-electron chi connectivity index (χ3n) is 10.5. The van der Waals surface area contributed by atoms with Gasteiger partial charge < -0.3 is 14.6 Å². The Labute approximate surface area is 284 Å². The van der Waals surface area contributed by atoms with Crippen LogP contribution in [0.5, 0.6) is 5.75 Å². The summed E-state index contributed by atoms with van der Waals surface area (Å²) in [7, 11) is 0. The number of benzene rings is 2. The molecule has 3 amide bonds. The van der Waals surface area contributed by atoms with E-state index in [2.05, 4.69) is 20.9 Å². The molecular weight excluding hydrogens is 719 g/mol. The lowest BCUT2D eigenvalue weighted by molar-refractivity contribution is -0.137. The Hall–Kier alpha value is -3.10. The highest BCUT2D eigenvalue weighted by Crippen LogP contribution is 2.69. The average molecular weight is 749 g/mol. The third-order valence-corrected chi connectivity index (χ3v) is 13.6. The van der Waals surface area contributed by atoms with Crippen LogP contribution < -0.4 is 14.5 Å². The summed E-state index contributed by atoms with van der Waals surface area (Å²) in [5.41, 5.74) is -0.206. The summed E-state index contributed by atoms with van der Waals surface area (Å²) < 4.78 is 47.7. The maximum atomic E-state index is 14.1. The Bertz CT molecular complexity index is 1860. The van der Waals surface area contributed by atoms with E-state index in [4.69, 9.17) is 4.74 Å². The Morgan fingerprint density at radius 1 is 1.00 bits per heavy atom. The van der Waals surface area contributed by atoms with E-state index in [9.17, 15) is 32.3 Å². The van der Waals surface area contributed by atoms with Crippen LogP contribution in [0.15, 0.2) is 56.8 Å². The molecule has 4 fully saturated rings. The molecule has 2 saturated carbocycles. The van der Waals surface area contributed by atoms with E-state index in [0.717, 1.165) is 67.6 Å². The first-order valence-electron chi connectivity index (χ1n) is 15.7. The number of carbonyl (C=O) groups is 3. The summed E-state index contributed by atoms with van der Waals surface area (Å²) in [6, 6.07) is 9.95. The number of likely N-dealkylation sites (tertiary alicyclic amines) is 1. The first kappa shape index (κ1) is 31.2. The zero-order chi connectivity index (χ0) is 32.8. The summed E-state index contributed by atoms with van der Waals surface area (Å²) in [6.45, 7) is 1.28. The number of alkyl halides is 3. The molecule has 2 aliphatic carbocycles. The number of hydrogen-bond donors (Lipinski definition) is 1. The number of anilines is 1. The number of carbonyl (C=O) groups excluding carboxylic acids is 3. The molecule has 1 aromatic heterocycles. The quantitative estimate of drug-likeness (QED) is 0.309. The first-order valence-corrected chi connectivity index (χ1v) is 18.1. The van der Waals surface area contributed by atoms with Gasteiger partial charge in [-0.15, -0.1) is 11.8 Å². The molecule has 3 aliphatic heterocycles. The number of amides is 3. The second-order valence-corrected chi connectivity index (χ2v) is 16.1. The number of fused-ring (bicyclic) bond motifs is 9. The molecule has 4 unspecified atom stereocenters. The highest BCUT2D eigenvalue weighted by atomic mass is 79.9. The number of H-pyrrole nitrogens is 1. The topological polar surface area (TPSA) is 99.8 Å². The van der Waals surface area contributed by atoms with Crippen LogP contribution in [0, 0.1) is 29.6 Å². The summed E-state index contributed by atoms with van der Waals surface area (Å²) >= 11 is 6.23. The van der Waals surface area contributed by atoms with Crippen LogP contribution in [0.25, 0.3) is 0 Å². The van der Waals surface area contributed by atoms with Crippen LogP contribution in [0.1, 0.15) is 47.6 Å². The van der Waals surface area contributed by atoms with E-state index in [1.54, 1.807) is 0 Å². The number of thioether (sulfide) groups is 1.